The molecule has 3 nitrogen and oxygen atoms in total. The normalized spacial score (nSPS) is 10.3. The van der Waals surface area contributed by atoms with E-state index in [4.69, 9.17) is 10.4 Å². The van der Waals surface area contributed by atoms with Crippen LogP contribution in [0.4, 0.5) is 0 Å². The third-order valence-electron chi connectivity index (χ3n) is 2.79. The van der Waals surface area contributed by atoms with Crippen LogP contribution in [0.25, 0.3) is 0 Å². The summed E-state index contributed by atoms with van der Waals surface area (Å²) >= 11 is 1.70. The van der Waals surface area contributed by atoms with Crippen molar-refractivity contribution in [2.45, 2.75) is 39.3 Å². The molecule has 1 rings (SSSR count). The molecule has 19 heavy (non-hydrogen) atoms. The second-order valence-corrected chi connectivity index (χ2v) is 5.51. The van der Waals surface area contributed by atoms with Crippen LogP contribution in [0.2, 0.25) is 0 Å². The summed E-state index contributed by atoms with van der Waals surface area (Å²) in [5.74, 6) is 6.06. The molecule has 1 heterocycles. The van der Waals surface area contributed by atoms with Crippen LogP contribution >= 0.6 is 11.3 Å². The van der Waals surface area contributed by atoms with Crippen molar-refractivity contribution in [2.75, 3.05) is 13.2 Å². The third kappa shape index (κ3) is 5.44. The Balaban J connectivity index is 2.72. The number of nitriles is 1. The van der Waals surface area contributed by atoms with Crippen LogP contribution < -0.4 is 0 Å². The van der Waals surface area contributed by atoms with Crippen LogP contribution in [0.15, 0.2) is 11.4 Å². The van der Waals surface area contributed by atoms with Gasteiger partial charge in [0.2, 0.25) is 0 Å². The van der Waals surface area contributed by atoms with E-state index in [0.717, 1.165) is 18.7 Å². The molecular weight excluding hydrogens is 256 g/mol. The first-order valence-corrected chi connectivity index (χ1v) is 7.34. The van der Waals surface area contributed by atoms with E-state index in [1.54, 1.807) is 11.3 Å². The molecule has 1 N–H and O–H groups in total. The fourth-order valence-corrected chi connectivity index (χ4v) is 2.54. The standard InChI is InChI=1S/C15H20N2OS/c1-13(2)17(9-5-8-16)12-15-14(7-11-19-15)6-3-4-10-18/h7,11,13,18H,4-5,9-10,12H2,1-2H3. The Morgan fingerprint density at radius 1 is 1.42 bits per heavy atom. The summed E-state index contributed by atoms with van der Waals surface area (Å²) in [5, 5.41) is 19.5. The monoisotopic (exact) mass is 276 g/mol. The van der Waals surface area contributed by atoms with Crippen molar-refractivity contribution in [3.05, 3.63) is 21.9 Å². The molecule has 0 aromatic carbocycles. The Bertz CT molecular complexity index is 476. The Hall–Kier alpha value is -1.33. The van der Waals surface area contributed by atoms with E-state index in [9.17, 15) is 0 Å². The Morgan fingerprint density at radius 3 is 2.84 bits per heavy atom. The Labute approximate surface area is 119 Å². The molecule has 0 radical (unpaired) electrons. The lowest BCUT2D eigenvalue weighted by atomic mass is 10.2. The van der Waals surface area contributed by atoms with Crippen LogP contribution in [0.1, 0.15) is 37.1 Å². The number of rotatable bonds is 6. The van der Waals surface area contributed by atoms with E-state index in [1.807, 2.05) is 11.4 Å². The molecular formula is C15H20N2OS. The molecule has 0 bridgehead atoms. The summed E-state index contributed by atoms with van der Waals surface area (Å²) in [7, 11) is 0. The Kier molecular flexibility index (Phi) is 7.22. The average Bonchev–Trinajstić information content (AvgIpc) is 2.82. The largest absolute Gasteiger partial charge is 0.395 e. The first-order chi connectivity index (χ1) is 9.19. The van der Waals surface area contributed by atoms with Crippen molar-refractivity contribution >= 4 is 11.3 Å². The van der Waals surface area contributed by atoms with Crippen LogP contribution in [0.5, 0.6) is 0 Å². The molecule has 0 spiro atoms. The topological polar surface area (TPSA) is 47.3 Å². The number of hydrogen-bond acceptors (Lipinski definition) is 4. The van der Waals surface area contributed by atoms with Gasteiger partial charge < -0.3 is 5.11 Å². The number of aliphatic hydroxyl groups excluding tert-OH is 1. The predicted molar refractivity (Wildman–Crippen MR) is 78.7 cm³/mol. The van der Waals surface area contributed by atoms with E-state index in [1.165, 1.54) is 4.88 Å². The lowest BCUT2D eigenvalue weighted by molar-refractivity contribution is 0.219. The summed E-state index contributed by atoms with van der Waals surface area (Å²) < 4.78 is 0. The SMILES string of the molecule is CC(C)N(CCC#N)Cc1sccc1C#CCCO. The van der Waals surface area contributed by atoms with Gasteiger partial charge in [-0.2, -0.15) is 5.26 Å². The van der Waals surface area contributed by atoms with Crippen molar-refractivity contribution < 1.29 is 5.11 Å². The molecule has 0 aliphatic rings. The van der Waals surface area contributed by atoms with Crippen LogP contribution in [-0.4, -0.2) is 29.2 Å². The van der Waals surface area contributed by atoms with Gasteiger partial charge in [-0.05, 0) is 25.3 Å². The molecule has 0 aliphatic carbocycles. The first kappa shape index (κ1) is 15.7. The summed E-state index contributed by atoms with van der Waals surface area (Å²) in [5.41, 5.74) is 1.04. The summed E-state index contributed by atoms with van der Waals surface area (Å²) in [6.07, 6.45) is 1.06. The molecule has 4 heteroatoms. The molecule has 0 saturated carbocycles. The highest BCUT2D eigenvalue weighted by Crippen LogP contribution is 2.19. The van der Waals surface area contributed by atoms with Gasteiger partial charge in [-0.1, -0.05) is 11.8 Å². The number of thiophene rings is 1. The van der Waals surface area contributed by atoms with Gasteiger partial charge in [0.15, 0.2) is 0 Å². The smallest absolute Gasteiger partial charge is 0.0635 e. The second-order valence-electron chi connectivity index (χ2n) is 4.51. The zero-order valence-electron chi connectivity index (χ0n) is 11.5. The molecule has 102 valence electrons. The highest BCUT2D eigenvalue weighted by molar-refractivity contribution is 7.10. The molecule has 0 amide bonds. The van der Waals surface area contributed by atoms with Gasteiger partial charge in [0.05, 0.1) is 12.7 Å². The second kappa shape index (κ2) is 8.72. The summed E-state index contributed by atoms with van der Waals surface area (Å²) in [6.45, 7) is 6.01. The van der Waals surface area contributed by atoms with Gasteiger partial charge in [-0.25, -0.2) is 0 Å². The maximum Gasteiger partial charge on any atom is 0.0635 e. The fourth-order valence-electron chi connectivity index (χ4n) is 1.69. The number of hydrogen-bond donors (Lipinski definition) is 1. The average molecular weight is 276 g/mol. The van der Waals surface area contributed by atoms with Crippen molar-refractivity contribution in [3.63, 3.8) is 0 Å². The maximum absolute atomic E-state index is 8.74. The van der Waals surface area contributed by atoms with Gasteiger partial charge in [0.1, 0.15) is 0 Å². The minimum atomic E-state index is 0.104. The predicted octanol–water partition coefficient (Wildman–Crippen LogP) is 2.61. The third-order valence-corrected chi connectivity index (χ3v) is 3.70. The van der Waals surface area contributed by atoms with Gasteiger partial charge in [-0.15, -0.1) is 11.3 Å². The lowest BCUT2D eigenvalue weighted by Gasteiger charge is -2.24. The minimum absolute atomic E-state index is 0.104. The van der Waals surface area contributed by atoms with E-state index < -0.39 is 0 Å². The zero-order chi connectivity index (χ0) is 14.1. The molecule has 0 saturated heterocycles. The molecule has 1 aromatic heterocycles. The molecule has 0 fully saturated rings. The van der Waals surface area contributed by atoms with Gasteiger partial charge in [0.25, 0.3) is 0 Å². The van der Waals surface area contributed by atoms with Gasteiger partial charge in [0, 0.05) is 42.4 Å². The van der Waals surface area contributed by atoms with E-state index in [0.29, 0.717) is 18.9 Å². The molecule has 0 unspecified atom stereocenters. The van der Waals surface area contributed by atoms with Gasteiger partial charge in [-0.3, -0.25) is 4.90 Å². The molecule has 0 aliphatic heterocycles. The quantitative estimate of drug-likeness (QED) is 0.812. The molecule has 0 atom stereocenters. The van der Waals surface area contributed by atoms with Crippen molar-refractivity contribution in [3.8, 4) is 17.9 Å². The highest BCUT2D eigenvalue weighted by atomic mass is 32.1. The Morgan fingerprint density at radius 2 is 2.21 bits per heavy atom. The number of nitrogens with zero attached hydrogens (tertiary/aromatic N) is 2. The zero-order valence-corrected chi connectivity index (χ0v) is 12.3. The first-order valence-electron chi connectivity index (χ1n) is 6.46. The molecule has 1 aromatic rings. The number of aliphatic hydroxyl groups is 1. The van der Waals surface area contributed by atoms with Gasteiger partial charge >= 0.3 is 0 Å². The van der Waals surface area contributed by atoms with E-state index in [-0.39, 0.29) is 6.61 Å². The maximum atomic E-state index is 8.74. The van der Waals surface area contributed by atoms with Crippen LogP contribution in [0, 0.1) is 23.2 Å². The van der Waals surface area contributed by atoms with E-state index >= 15 is 0 Å². The summed E-state index contributed by atoms with van der Waals surface area (Å²) in [4.78, 5) is 3.52. The lowest BCUT2D eigenvalue weighted by Crippen LogP contribution is -2.31. The van der Waals surface area contributed by atoms with E-state index in [2.05, 4.69) is 36.7 Å². The minimum Gasteiger partial charge on any atom is -0.395 e. The summed E-state index contributed by atoms with van der Waals surface area (Å²) in [6, 6.07) is 4.63. The van der Waals surface area contributed by atoms with Crippen molar-refractivity contribution in [1.82, 2.24) is 4.90 Å². The van der Waals surface area contributed by atoms with Crippen molar-refractivity contribution in [2.24, 2.45) is 0 Å². The van der Waals surface area contributed by atoms with Crippen LogP contribution in [0.3, 0.4) is 0 Å². The highest BCUT2D eigenvalue weighted by Gasteiger charge is 2.12. The van der Waals surface area contributed by atoms with Crippen LogP contribution in [-0.2, 0) is 6.54 Å². The fraction of sp³-hybridized carbons (Fsp3) is 0.533. The van der Waals surface area contributed by atoms with Crippen molar-refractivity contribution in [1.29, 1.82) is 5.26 Å².